The molecule has 2 amide bonds. The molecular weight excluding hydrogens is 366 g/mol. The fraction of sp³-hybridized carbons (Fsp3) is 0.261. The number of aromatic amines is 1. The number of hydrogen-bond acceptors (Lipinski definition) is 3. The summed E-state index contributed by atoms with van der Waals surface area (Å²) in [5.41, 5.74) is 7.23. The van der Waals surface area contributed by atoms with Gasteiger partial charge in [0, 0.05) is 41.0 Å². The van der Waals surface area contributed by atoms with Gasteiger partial charge in [-0.25, -0.2) is 9.69 Å². The fourth-order valence-electron chi connectivity index (χ4n) is 4.00. The van der Waals surface area contributed by atoms with Gasteiger partial charge in [-0.3, -0.25) is 9.78 Å². The van der Waals surface area contributed by atoms with Gasteiger partial charge in [-0.2, -0.15) is 0 Å². The maximum atomic E-state index is 12.1. The second-order valence-electron chi connectivity index (χ2n) is 7.71. The molecule has 1 aliphatic heterocycles. The molecule has 1 aromatic carbocycles. The zero-order valence-electron chi connectivity index (χ0n) is 16.7. The molecule has 2 N–H and O–H groups in total. The van der Waals surface area contributed by atoms with Crippen LogP contribution >= 0.6 is 0 Å². The molecule has 6 heteroatoms. The molecule has 6 nitrogen and oxygen atoms in total. The molecule has 0 unspecified atom stereocenters. The number of carbonyl (C=O) groups is 2. The number of nitrogens with zero attached hydrogens (tertiary/aromatic N) is 2. The number of aromatic nitrogens is 2. The highest BCUT2D eigenvalue weighted by atomic mass is 16.4. The average Bonchev–Trinajstić information content (AvgIpc) is 3.06. The van der Waals surface area contributed by atoms with Crippen LogP contribution in [0.15, 0.2) is 42.6 Å². The molecule has 0 aliphatic carbocycles. The Hall–Kier alpha value is -3.41. The van der Waals surface area contributed by atoms with Gasteiger partial charge in [-0.1, -0.05) is 19.9 Å². The Kier molecular flexibility index (Phi) is 4.70. The second kappa shape index (κ2) is 7.20. The van der Waals surface area contributed by atoms with Crippen LogP contribution in [0.5, 0.6) is 0 Å². The van der Waals surface area contributed by atoms with E-state index in [2.05, 4.69) is 35.9 Å². The molecule has 4 rings (SSSR count). The lowest BCUT2D eigenvalue weighted by molar-refractivity contribution is -0.124. The first-order valence-corrected chi connectivity index (χ1v) is 9.69. The summed E-state index contributed by atoms with van der Waals surface area (Å²) in [7, 11) is 0. The van der Waals surface area contributed by atoms with E-state index < -0.39 is 12.0 Å². The third kappa shape index (κ3) is 3.42. The molecule has 0 spiro atoms. The highest BCUT2D eigenvalue weighted by molar-refractivity contribution is 6.04. The van der Waals surface area contributed by atoms with E-state index in [4.69, 9.17) is 5.11 Å². The molecule has 3 heterocycles. The third-order valence-corrected chi connectivity index (χ3v) is 5.37. The Labute approximate surface area is 168 Å². The molecule has 3 aromatic rings. The first kappa shape index (κ1) is 18.9. The van der Waals surface area contributed by atoms with Gasteiger partial charge in [0.2, 0.25) is 0 Å². The van der Waals surface area contributed by atoms with E-state index in [1.165, 1.54) is 11.6 Å². The predicted octanol–water partition coefficient (Wildman–Crippen LogP) is 4.96. The van der Waals surface area contributed by atoms with Crippen molar-refractivity contribution in [3.8, 4) is 11.3 Å². The van der Waals surface area contributed by atoms with Crippen LogP contribution in [0.3, 0.4) is 0 Å². The predicted molar refractivity (Wildman–Crippen MR) is 113 cm³/mol. The van der Waals surface area contributed by atoms with Gasteiger partial charge in [0.1, 0.15) is 0 Å². The molecule has 1 aliphatic rings. The lowest BCUT2D eigenvalue weighted by Crippen LogP contribution is -2.37. The summed E-state index contributed by atoms with van der Waals surface area (Å²) in [5, 5.41) is 10.2. The van der Waals surface area contributed by atoms with Gasteiger partial charge < -0.3 is 10.1 Å². The van der Waals surface area contributed by atoms with Crippen molar-refractivity contribution in [3.63, 3.8) is 0 Å². The number of imide groups is 1. The minimum Gasteiger partial charge on any atom is -0.465 e. The van der Waals surface area contributed by atoms with Crippen LogP contribution < -0.4 is 0 Å². The zero-order chi connectivity index (χ0) is 20.7. The highest BCUT2D eigenvalue weighted by Gasteiger charge is 2.25. The van der Waals surface area contributed by atoms with Gasteiger partial charge >= 0.3 is 6.09 Å². The zero-order valence-corrected chi connectivity index (χ0v) is 16.7. The number of amides is 2. The van der Waals surface area contributed by atoms with Crippen molar-refractivity contribution in [1.29, 1.82) is 0 Å². The van der Waals surface area contributed by atoms with Crippen molar-refractivity contribution in [1.82, 2.24) is 14.9 Å². The third-order valence-electron chi connectivity index (χ3n) is 5.37. The summed E-state index contributed by atoms with van der Waals surface area (Å²) < 4.78 is 0. The summed E-state index contributed by atoms with van der Waals surface area (Å²) in [6.45, 7) is 6.50. The Balaban J connectivity index is 1.82. The smallest absolute Gasteiger partial charge is 0.414 e. The van der Waals surface area contributed by atoms with E-state index in [0.29, 0.717) is 12.3 Å². The van der Waals surface area contributed by atoms with Crippen LogP contribution in [0, 0.1) is 6.92 Å². The van der Waals surface area contributed by atoms with E-state index in [-0.39, 0.29) is 6.54 Å². The molecular formula is C23H23N3O3. The van der Waals surface area contributed by atoms with Gasteiger partial charge in [0.15, 0.2) is 0 Å². The average molecular weight is 389 g/mol. The number of aryl methyl sites for hydroxylation is 1. The number of H-pyrrole nitrogens is 1. The summed E-state index contributed by atoms with van der Waals surface area (Å²) >= 11 is 0. The molecule has 0 saturated heterocycles. The molecule has 148 valence electrons. The number of carboxylic acid groups (broad SMARTS) is 1. The summed E-state index contributed by atoms with van der Waals surface area (Å²) in [5.74, 6) is -0.183. The Bertz CT molecular complexity index is 1160. The van der Waals surface area contributed by atoms with E-state index >= 15 is 0 Å². The van der Waals surface area contributed by atoms with Gasteiger partial charge in [-0.15, -0.1) is 0 Å². The Morgan fingerprint density at radius 3 is 2.66 bits per heavy atom. The number of rotatable bonds is 3. The van der Waals surface area contributed by atoms with Crippen LogP contribution in [-0.2, 0) is 4.79 Å². The lowest BCUT2D eigenvalue weighted by Gasteiger charge is -2.22. The number of nitrogens with one attached hydrogen (secondary N) is 1. The van der Waals surface area contributed by atoms with Crippen molar-refractivity contribution in [2.45, 2.75) is 33.1 Å². The molecule has 29 heavy (non-hydrogen) atoms. The molecule has 0 atom stereocenters. The van der Waals surface area contributed by atoms with E-state index in [9.17, 15) is 9.59 Å². The normalized spacial score (nSPS) is 14.6. The van der Waals surface area contributed by atoms with E-state index in [1.54, 1.807) is 0 Å². The van der Waals surface area contributed by atoms with Crippen LogP contribution in [0.1, 0.15) is 43.0 Å². The van der Waals surface area contributed by atoms with Gasteiger partial charge in [0.05, 0.1) is 5.69 Å². The van der Waals surface area contributed by atoms with Gasteiger partial charge in [-0.05, 0) is 60.2 Å². The number of pyridine rings is 1. The number of benzene rings is 1. The molecule has 2 aromatic heterocycles. The fourth-order valence-corrected chi connectivity index (χ4v) is 4.00. The number of hydrogen-bond donors (Lipinski definition) is 2. The summed E-state index contributed by atoms with van der Waals surface area (Å²) in [4.78, 5) is 32.0. The molecule has 0 saturated carbocycles. The van der Waals surface area contributed by atoms with Crippen LogP contribution in [0.4, 0.5) is 4.79 Å². The van der Waals surface area contributed by atoms with Crippen molar-refractivity contribution in [2.75, 3.05) is 6.54 Å². The van der Waals surface area contributed by atoms with E-state index in [1.807, 2.05) is 31.3 Å². The minimum absolute atomic E-state index is 0.184. The first-order chi connectivity index (χ1) is 13.8. The maximum absolute atomic E-state index is 12.1. The monoisotopic (exact) mass is 389 g/mol. The summed E-state index contributed by atoms with van der Waals surface area (Å²) in [6, 6.07) is 10.2. The minimum atomic E-state index is -1.20. The molecule has 0 radical (unpaired) electrons. The SMILES string of the molecule is Cc1cc(-c2[nH]c3ccc(C4=CC(=O)N(C(=O)O)CC4)cc3c2C(C)C)ccn1. The quantitative estimate of drug-likeness (QED) is 0.663. The van der Waals surface area contributed by atoms with Crippen molar-refractivity contribution in [2.24, 2.45) is 0 Å². The largest absolute Gasteiger partial charge is 0.465 e. The molecule has 0 bridgehead atoms. The summed E-state index contributed by atoms with van der Waals surface area (Å²) in [6.07, 6.45) is 2.57. The maximum Gasteiger partial charge on any atom is 0.414 e. The Morgan fingerprint density at radius 2 is 2.00 bits per heavy atom. The molecule has 0 fully saturated rings. The number of carbonyl (C=O) groups excluding carboxylic acids is 1. The lowest BCUT2D eigenvalue weighted by atomic mass is 9.93. The van der Waals surface area contributed by atoms with Crippen LogP contribution in [0.2, 0.25) is 0 Å². The standard InChI is InChI=1S/C23H23N3O3/c1-13(2)21-18-11-15(16-7-9-26(23(28)29)20(27)12-16)4-5-19(18)25-22(21)17-6-8-24-14(3)10-17/h4-6,8,10-13,25H,7,9H2,1-3H3,(H,28,29). The first-order valence-electron chi connectivity index (χ1n) is 9.69. The van der Waals surface area contributed by atoms with Crippen LogP contribution in [0.25, 0.3) is 27.7 Å². The number of fused-ring (bicyclic) bond motifs is 1. The van der Waals surface area contributed by atoms with Crippen molar-refractivity contribution < 1.29 is 14.7 Å². The van der Waals surface area contributed by atoms with Crippen molar-refractivity contribution >= 4 is 28.5 Å². The topological polar surface area (TPSA) is 86.3 Å². The van der Waals surface area contributed by atoms with Gasteiger partial charge in [0.25, 0.3) is 5.91 Å². The second-order valence-corrected chi connectivity index (χ2v) is 7.71. The highest BCUT2D eigenvalue weighted by Crippen LogP contribution is 2.37. The Morgan fingerprint density at radius 1 is 1.21 bits per heavy atom. The van der Waals surface area contributed by atoms with E-state index in [0.717, 1.165) is 43.9 Å². The van der Waals surface area contributed by atoms with Crippen molar-refractivity contribution in [3.05, 3.63) is 59.4 Å². The van der Waals surface area contributed by atoms with Crippen LogP contribution in [-0.4, -0.2) is 38.5 Å².